The Labute approximate surface area is 131 Å². The largest absolute Gasteiger partial charge is 0.303 e. The quantitative estimate of drug-likeness (QED) is 0.871. The van der Waals surface area contributed by atoms with Gasteiger partial charge in [0.05, 0.1) is 17.2 Å². The van der Waals surface area contributed by atoms with E-state index in [0.29, 0.717) is 6.04 Å². The zero-order valence-corrected chi connectivity index (χ0v) is 13.6. The Morgan fingerprint density at radius 2 is 2.18 bits per heavy atom. The average Bonchev–Trinajstić information content (AvgIpc) is 2.55. The van der Waals surface area contributed by atoms with Crippen LogP contribution in [-0.2, 0) is 13.0 Å². The van der Waals surface area contributed by atoms with Crippen molar-refractivity contribution in [2.45, 2.75) is 51.6 Å². The normalized spacial score (nSPS) is 19.6. The maximum atomic E-state index is 12.7. The zero-order valence-electron chi connectivity index (χ0n) is 13.6. The summed E-state index contributed by atoms with van der Waals surface area (Å²) in [5.74, 6) is 0. The predicted molar refractivity (Wildman–Crippen MR) is 90.3 cm³/mol. The molecule has 22 heavy (non-hydrogen) atoms. The first-order chi connectivity index (χ1) is 10.7. The lowest BCUT2D eigenvalue weighted by molar-refractivity contribution is 0.170. The van der Waals surface area contributed by atoms with E-state index in [0.717, 1.165) is 30.3 Å². The van der Waals surface area contributed by atoms with E-state index in [1.54, 1.807) is 10.9 Å². The van der Waals surface area contributed by atoms with Gasteiger partial charge in [-0.2, -0.15) is 0 Å². The summed E-state index contributed by atoms with van der Waals surface area (Å²) in [4.78, 5) is 19.5. The maximum absolute atomic E-state index is 12.7. The molecule has 0 amide bonds. The molecule has 0 radical (unpaired) electrons. The second-order valence-electron chi connectivity index (χ2n) is 6.37. The van der Waals surface area contributed by atoms with Crippen LogP contribution in [0.3, 0.4) is 0 Å². The van der Waals surface area contributed by atoms with E-state index in [1.165, 1.54) is 31.4 Å². The molecule has 0 aliphatic carbocycles. The van der Waals surface area contributed by atoms with Crippen molar-refractivity contribution >= 4 is 10.9 Å². The fourth-order valence-electron chi connectivity index (χ4n) is 3.38. The molecule has 4 nitrogen and oxygen atoms in total. The van der Waals surface area contributed by atoms with Crippen molar-refractivity contribution in [2.75, 3.05) is 13.6 Å². The topological polar surface area (TPSA) is 38.1 Å². The molecule has 1 atom stereocenters. The number of rotatable bonds is 4. The first-order valence-electron chi connectivity index (χ1n) is 8.37. The van der Waals surface area contributed by atoms with Gasteiger partial charge in [0.25, 0.3) is 5.56 Å². The minimum atomic E-state index is 0.0961. The minimum Gasteiger partial charge on any atom is -0.303 e. The molecule has 0 bridgehead atoms. The van der Waals surface area contributed by atoms with Crippen LogP contribution in [0.25, 0.3) is 10.9 Å². The van der Waals surface area contributed by atoms with Gasteiger partial charge in [-0.05, 0) is 57.0 Å². The van der Waals surface area contributed by atoms with Crippen molar-refractivity contribution < 1.29 is 0 Å². The average molecular weight is 299 g/mol. The third-order valence-electron chi connectivity index (χ3n) is 4.92. The van der Waals surface area contributed by atoms with Crippen molar-refractivity contribution in [3.05, 3.63) is 40.4 Å². The molecule has 118 valence electrons. The van der Waals surface area contributed by atoms with E-state index in [2.05, 4.69) is 29.9 Å². The molecule has 0 saturated carbocycles. The predicted octanol–water partition coefficient (Wildman–Crippen LogP) is 2.83. The summed E-state index contributed by atoms with van der Waals surface area (Å²) in [6, 6.07) is 6.59. The smallest absolute Gasteiger partial charge is 0.261 e. The highest BCUT2D eigenvalue weighted by atomic mass is 16.1. The highest BCUT2D eigenvalue weighted by molar-refractivity contribution is 5.78. The van der Waals surface area contributed by atoms with Gasteiger partial charge in [-0.3, -0.25) is 9.36 Å². The Morgan fingerprint density at radius 3 is 2.95 bits per heavy atom. The third-order valence-corrected chi connectivity index (χ3v) is 4.92. The molecule has 1 aliphatic heterocycles. The molecule has 2 aromatic rings. The number of likely N-dealkylation sites (tertiary alicyclic amines) is 1. The van der Waals surface area contributed by atoms with E-state index in [-0.39, 0.29) is 5.56 Å². The van der Waals surface area contributed by atoms with Crippen molar-refractivity contribution in [1.29, 1.82) is 0 Å². The Hall–Kier alpha value is -1.68. The van der Waals surface area contributed by atoms with Crippen molar-refractivity contribution in [3.63, 3.8) is 0 Å². The molecule has 2 heterocycles. The fourth-order valence-corrected chi connectivity index (χ4v) is 3.38. The summed E-state index contributed by atoms with van der Waals surface area (Å²) < 4.78 is 1.78. The minimum absolute atomic E-state index is 0.0961. The molecule has 3 rings (SSSR count). The summed E-state index contributed by atoms with van der Waals surface area (Å²) in [6.45, 7) is 4.04. The molecule has 1 aromatic carbocycles. The van der Waals surface area contributed by atoms with Crippen molar-refractivity contribution in [1.82, 2.24) is 14.5 Å². The first kappa shape index (κ1) is 15.2. The Balaban J connectivity index is 1.81. The van der Waals surface area contributed by atoms with Gasteiger partial charge in [0.15, 0.2) is 0 Å². The van der Waals surface area contributed by atoms with Crippen LogP contribution in [0.4, 0.5) is 0 Å². The number of piperidine rings is 1. The van der Waals surface area contributed by atoms with Gasteiger partial charge in [0.2, 0.25) is 0 Å². The summed E-state index contributed by atoms with van der Waals surface area (Å²) >= 11 is 0. The van der Waals surface area contributed by atoms with Crippen LogP contribution >= 0.6 is 0 Å². The molecule has 1 aliphatic rings. The highest BCUT2D eigenvalue weighted by Crippen LogP contribution is 2.18. The van der Waals surface area contributed by atoms with Crippen LogP contribution in [0.5, 0.6) is 0 Å². The van der Waals surface area contributed by atoms with Crippen LogP contribution in [0.1, 0.15) is 38.2 Å². The highest BCUT2D eigenvalue weighted by Gasteiger charge is 2.18. The molecule has 0 unspecified atom stereocenters. The van der Waals surface area contributed by atoms with E-state index in [1.807, 2.05) is 12.1 Å². The number of aryl methyl sites for hydroxylation is 2. The van der Waals surface area contributed by atoms with Gasteiger partial charge in [0.1, 0.15) is 0 Å². The van der Waals surface area contributed by atoms with E-state index >= 15 is 0 Å². The van der Waals surface area contributed by atoms with Crippen LogP contribution in [0, 0.1) is 0 Å². The molecule has 4 heteroatoms. The summed E-state index contributed by atoms with van der Waals surface area (Å²) in [5, 5.41) is 0.749. The second kappa shape index (κ2) is 6.61. The van der Waals surface area contributed by atoms with Crippen LogP contribution < -0.4 is 5.56 Å². The number of aromatic nitrogens is 2. The van der Waals surface area contributed by atoms with Gasteiger partial charge in [-0.1, -0.05) is 19.4 Å². The summed E-state index contributed by atoms with van der Waals surface area (Å²) in [5.41, 5.74) is 2.09. The number of fused-ring (bicyclic) bond motifs is 1. The molecule has 0 spiro atoms. The SMILES string of the molecule is CCc1ccc2ncn(CC[C@H]3CCCCN3C)c(=O)c2c1. The molecular weight excluding hydrogens is 274 g/mol. The molecule has 0 N–H and O–H groups in total. The van der Waals surface area contributed by atoms with Crippen LogP contribution in [0.15, 0.2) is 29.3 Å². The van der Waals surface area contributed by atoms with Crippen molar-refractivity contribution in [2.24, 2.45) is 0 Å². The van der Waals surface area contributed by atoms with Crippen LogP contribution in [0.2, 0.25) is 0 Å². The van der Waals surface area contributed by atoms with Crippen molar-refractivity contribution in [3.8, 4) is 0 Å². The molecular formula is C18H25N3O. The lowest BCUT2D eigenvalue weighted by atomic mass is 10.0. The Kier molecular flexibility index (Phi) is 4.57. The Bertz CT molecular complexity index is 707. The summed E-state index contributed by atoms with van der Waals surface area (Å²) in [7, 11) is 2.19. The van der Waals surface area contributed by atoms with Gasteiger partial charge < -0.3 is 4.90 Å². The van der Waals surface area contributed by atoms with Crippen LogP contribution in [-0.4, -0.2) is 34.1 Å². The summed E-state index contributed by atoms with van der Waals surface area (Å²) in [6.07, 6.45) is 7.52. The van der Waals surface area contributed by atoms with E-state index in [4.69, 9.17) is 0 Å². The molecule has 1 aromatic heterocycles. The van der Waals surface area contributed by atoms with E-state index in [9.17, 15) is 4.79 Å². The number of benzene rings is 1. The number of nitrogens with zero attached hydrogens (tertiary/aromatic N) is 3. The van der Waals surface area contributed by atoms with Gasteiger partial charge >= 0.3 is 0 Å². The first-order valence-corrected chi connectivity index (χ1v) is 8.37. The molecule has 1 saturated heterocycles. The van der Waals surface area contributed by atoms with Gasteiger partial charge in [-0.15, -0.1) is 0 Å². The van der Waals surface area contributed by atoms with E-state index < -0.39 is 0 Å². The zero-order chi connectivity index (χ0) is 15.5. The fraction of sp³-hybridized carbons (Fsp3) is 0.556. The Morgan fingerprint density at radius 1 is 1.32 bits per heavy atom. The maximum Gasteiger partial charge on any atom is 0.261 e. The number of hydrogen-bond acceptors (Lipinski definition) is 3. The van der Waals surface area contributed by atoms with Gasteiger partial charge in [0, 0.05) is 12.6 Å². The standard InChI is InChI=1S/C18H25N3O/c1-3-14-7-8-17-16(12-14)18(22)21(13-19-17)11-9-15-6-4-5-10-20(15)2/h7-8,12-13,15H,3-6,9-11H2,1-2H3/t15-/m1/s1. The monoisotopic (exact) mass is 299 g/mol. The second-order valence-corrected chi connectivity index (χ2v) is 6.37. The van der Waals surface area contributed by atoms with Gasteiger partial charge in [-0.25, -0.2) is 4.98 Å². The third kappa shape index (κ3) is 3.07. The lowest BCUT2D eigenvalue weighted by Crippen LogP contribution is -2.37. The molecule has 1 fully saturated rings. The lowest BCUT2D eigenvalue weighted by Gasteiger charge is -2.32. The number of hydrogen-bond donors (Lipinski definition) is 0.